The topological polar surface area (TPSA) is 74.8 Å². The zero-order valence-electron chi connectivity index (χ0n) is 16.1. The van der Waals surface area contributed by atoms with Gasteiger partial charge in [0, 0.05) is 39.2 Å². The summed E-state index contributed by atoms with van der Waals surface area (Å²) in [6.45, 7) is 5.14. The van der Waals surface area contributed by atoms with Crippen LogP contribution in [-0.4, -0.2) is 49.6 Å². The molecule has 1 N–H and O–H groups in total. The summed E-state index contributed by atoms with van der Waals surface area (Å²) in [4.78, 5) is 32.6. The first-order valence-electron chi connectivity index (χ1n) is 9.51. The van der Waals surface area contributed by atoms with Gasteiger partial charge in [0.25, 0.3) is 0 Å². The lowest BCUT2D eigenvalue weighted by Gasteiger charge is -2.33. The highest BCUT2D eigenvalue weighted by molar-refractivity contribution is 5.96. The van der Waals surface area contributed by atoms with Gasteiger partial charge in [-0.15, -0.1) is 0 Å². The SMILES string of the molecule is CC(=O)N(CCC(=O)NCc1ccccn1)c1ccccc1N1CCOCC1. The van der Waals surface area contributed by atoms with E-state index in [-0.39, 0.29) is 18.2 Å². The molecule has 0 bridgehead atoms. The molecular weight excluding hydrogens is 356 g/mol. The van der Waals surface area contributed by atoms with Crippen molar-refractivity contribution in [1.29, 1.82) is 0 Å². The Bertz CT molecular complexity index is 791. The van der Waals surface area contributed by atoms with Gasteiger partial charge in [-0.3, -0.25) is 14.6 Å². The molecule has 0 unspecified atom stereocenters. The summed E-state index contributed by atoms with van der Waals surface area (Å²) in [5.41, 5.74) is 2.63. The van der Waals surface area contributed by atoms with Crippen LogP contribution in [0.15, 0.2) is 48.7 Å². The predicted octanol–water partition coefficient (Wildman–Crippen LogP) is 1.98. The number of benzene rings is 1. The maximum Gasteiger partial charge on any atom is 0.223 e. The zero-order chi connectivity index (χ0) is 19.8. The molecule has 2 heterocycles. The number of pyridine rings is 1. The molecule has 1 fully saturated rings. The molecule has 0 atom stereocenters. The van der Waals surface area contributed by atoms with Crippen LogP contribution in [0.1, 0.15) is 19.0 Å². The van der Waals surface area contributed by atoms with E-state index in [1.54, 1.807) is 11.1 Å². The Balaban J connectivity index is 1.64. The number of aromatic nitrogens is 1. The molecule has 1 aliphatic heterocycles. The van der Waals surface area contributed by atoms with Gasteiger partial charge in [-0.25, -0.2) is 0 Å². The van der Waals surface area contributed by atoms with E-state index >= 15 is 0 Å². The summed E-state index contributed by atoms with van der Waals surface area (Å²) < 4.78 is 5.43. The third-order valence-electron chi connectivity index (χ3n) is 4.66. The second-order valence-corrected chi connectivity index (χ2v) is 6.61. The minimum Gasteiger partial charge on any atom is -0.378 e. The van der Waals surface area contributed by atoms with Gasteiger partial charge < -0.3 is 19.9 Å². The largest absolute Gasteiger partial charge is 0.378 e. The number of nitrogens with one attached hydrogen (secondary N) is 1. The number of morpholine rings is 1. The molecule has 2 amide bonds. The molecule has 7 nitrogen and oxygen atoms in total. The summed E-state index contributed by atoms with van der Waals surface area (Å²) in [7, 11) is 0. The maximum atomic E-state index is 12.3. The highest BCUT2D eigenvalue weighted by Gasteiger charge is 2.21. The highest BCUT2D eigenvalue weighted by Crippen LogP contribution is 2.30. The van der Waals surface area contributed by atoms with Crippen LogP contribution in [0.25, 0.3) is 0 Å². The number of hydrogen-bond acceptors (Lipinski definition) is 5. The quantitative estimate of drug-likeness (QED) is 0.793. The van der Waals surface area contributed by atoms with Crippen molar-refractivity contribution >= 4 is 23.2 Å². The minimum absolute atomic E-state index is 0.0850. The van der Waals surface area contributed by atoms with E-state index < -0.39 is 0 Å². The fourth-order valence-corrected chi connectivity index (χ4v) is 3.21. The molecule has 1 aliphatic rings. The number of nitrogens with zero attached hydrogens (tertiary/aromatic N) is 3. The predicted molar refractivity (Wildman–Crippen MR) is 108 cm³/mol. The average Bonchev–Trinajstić information content (AvgIpc) is 2.74. The second-order valence-electron chi connectivity index (χ2n) is 6.61. The van der Waals surface area contributed by atoms with Crippen molar-refractivity contribution in [2.75, 3.05) is 42.6 Å². The molecule has 7 heteroatoms. The average molecular weight is 382 g/mol. The van der Waals surface area contributed by atoms with Crippen LogP contribution >= 0.6 is 0 Å². The van der Waals surface area contributed by atoms with E-state index in [9.17, 15) is 9.59 Å². The lowest BCUT2D eigenvalue weighted by atomic mass is 10.2. The van der Waals surface area contributed by atoms with Gasteiger partial charge in [-0.2, -0.15) is 0 Å². The third kappa shape index (κ3) is 5.29. The van der Waals surface area contributed by atoms with Gasteiger partial charge in [-0.05, 0) is 24.3 Å². The molecule has 148 valence electrons. The van der Waals surface area contributed by atoms with E-state index in [0.29, 0.717) is 26.3 Å². The molecule has 0 spiro atoms. The lowest BCUT2D eigenvalue weighted by molar-refractivity contribution is -0.121. The molecule has 1 saturated heterocycles. The second kappa shape index (κ2) is 9.85. The molecule has 0 aliphatic carbocycles. The van der Waals surface area contributed by atoms with E-state index in [2.05, 4.69) is 15.2 Å². The summed E-state index contributed by atoms with van der Waals surface area (Å²) in [6, 6.07) is 13.4. The Labute approximate surface area is 165 Å². The number of rotatable bonds is 7. The van der Waals surface area contributed by atoms with Crippen molar-refractivity contribution in [3.63, 3.8) is 0 Å². The molecular formula is C21H26N4O3. The molecule has 1 aromatic carbocycles. The van der Waals surface area contributed by atoms with Crippen LogP contribution in [0, 0.1) is 0 Å². The molecule has 2 aromatic rings. The number of hydrogen-bond donors (Lipinski definition) is 1. The minimum atomic E-state index is -0.110. The van der Waals surface area contributed by atoms with E-state index in [4.69, 9.17) is 4.74 Å². The number of carbonyl (C=O) groups is 2. The Morgan fingerprint density at radius 1 is 1.14 bits per heavy atom. The summed E-state index contributed by atoms with van der Waals surface area (Å²) >= 11 is 0. The summed E-state index contributed by atoms with van der Waals surface area (Å²) in [5, 5.41) is 2.86. The number of ether oxygens (including phenoxy) is 1. The fourth-order valence-electron chi connectivity index (χ4n) is 3.21. The van der Waals surface area contributed by atoms with Crippen LogP contribution < -0.4 is 15.1 Å². The zero-order valence-corrected chi connectivity index (χ0v) is 16.1. The smallest absolute Gasteiger partial charge is 0.223 e. The molecule has 0 radical (unpaired) electrons. The summed E-state index contributed by atoms with van der Waals surface area (Å²) in [6.07, 6.45) is 1.92. The van der Waals surface area contributed by atoms with Gasteiger partial charge in [0.1, 0.15) is 0 Å². The molecule has 28 heavy (non-hydrogen) atoms. The van der Waals surface area contributed by atoms with E-state index in [1.165, 1.54) is 6.92 Å². The van der Waals surface area contributed by atoms with Crippen molar-refractivity contribution < 1.29 is 14.3 Å². The Hall–Kier alpha value is -2.93. The number of para-hydroxylation sites is 2. The van der Waals surface area contributed by atoms with Crippen molar-refractivity contribution in [3.05, 3.63) is 54.4 Å². The Kier molecular flexibility index (Phi) is 6.97. The first-order valence-corrected chi connectivity index (χ1v) is 9.51. The van der Waals surface area contributed by atoms with Crippen LogP contribution in [0.5, 0.6) is 0 Å². The van der Waals surface area contributed by atoms with Crippen molar-refractivity contribution in [2.45, 2.75) is 19.9 Å². The first-order chi connectivity index (χ1) is 13.6. The number of carbonyl (C=O) groups excluding carboxylic acids is 2. The lowest BCUT2D eigenvalue weighted by Crippen LogP contribution is -2.39. The molecule has 0 saturated carbocycles. The highest BCUT2D eigenvalue weighted by atomic mass is 16.5. The van der Waals surface area contributed by atoms with Crippen molar-refractivity contribution in [1.82, 2.24) is 10.3 Å². The third-order valence-corrected chi connectivity index (χ3v) is 4.66. The van der Waals surface area contributed by atoms with Crippen molar-refractivity contribution in [3.8, 4) is 0 Å². The standard InChI is InChI=1S/C21H26N4O3/c1-17(26)25(11-9-21(27)23-16-18-6-4-5-10-22-18)20-8-3-2-7-19(20)24-12-14-28-15-13-24/h2-8,10H,9,11-16H2,1H3,(H,23,27). The van der Waals surface area contributed by atoms with Gasteiger partial charge in [-0.1, -0.05) is 18.2 Å². The maximum absolute atomic E-state index is 12.3. The fraction of sp³-hybridized carbons (Fsp3) is 0.381. The first kappa shape index (κ1) is 19.8. The molecule has 3 rings (SSSR count). The van der Waals surface area contributed by atoms with Gasteiger partial charge >= 0.3 is 0 Å². The van der Waals surface area contributed by atoms with Crippen LogP contribution in [0.2, 0.25) is 0 Å². The Morgan fingerprint density at radius 2 is 1.89 bits per heavy atom. The van der Waals surface area contributed by atoms with Crippen LogP contribution in [-0.2, 0) is 20.9 Å². The molecule has 1 aromatic heterocycles. The van der Waals surface area contributed by atoms with Gasteiger partial charge in [0.05, 0.1) is 36.8 Å². The van der Waals surface area contributed by atoms with Crippen LogP contribution in [0.3, 0.4) is 0 Å². The van der Waals surface area contributed by atoms with Gasteiger partial charge in [0.2, 0.25) is 11.8 Å². The van der Waals surface area contributed by atoms with Crippen molar-refractivity contribution in [2.24, 2.45) is 0 Å². The summed E-state index contributed by atoms with van der Waals surface area (Å²) in [5.74, 6) is -0.195. The van der Waals surface area contributed by atoms with E-state index in [1.807, 2.05) is 42.5 Å². The number of anilines is 2. The monoisotopic (exact) mass is 382 g/mol. The number of amides is 2. The van der Waals surface area contributed by atoms with Gasteiger partial charge in [0.15, 0.2) is 0 Å². The van der Waals surface area contributed by atoms with Crippen LogP contribution in [0.4, 0.5) is 11.4 Å². The normalized spacial score (nSPS) is 13.8. The Morgan fingerprint density at radius 3 is 2.61 bits per heavy atom. The van der Waals surface area contributed by atoms with E-state index in [0.717, 1.165) is 30.2 Å².